The van der Waals surface area contributed by atoms with E-state index >= 15 is 0 Å². The number of halogens is 2. The van der Waals surface area contributed by atoms with E-state index in [0.29, 0.717) is 10.7 Å². The van der Waals surface area contributed by atoms with E-state index in [4.69, 9.17) is 17.3 Å². The highest BCUT2D eigenvalue weighted by Gasteiger charge is 2.09. The molecule has 0 bridgehead atoms. The maximum absolute atomic E-state index is 6.22. The van der Waals surface area contributed by atoms with E-state index in [9.17, 15) is 0 Å². The molecule has 1 aromatic heterocycles. The maximum atomic E-state index is 6.22. The molecule has 0 radical (unpaired) electrons. The number of pyridine rings is 1. The van der Waals surface area contributed by atoms with Crippen LogP contribution in [0.15, 0.2) is 33.7 Å². The third kappa shape index (κ3) is 2.96. The largest absolute Gasteiger partial charge is 0.398 e. The predicted molar refractivity (Wildman–Crippen MR) is 85.8 cm³/mol. The second-order valence-corrected chi connectivity index (χ2v) is 5.39. The second kappa shape index (κ2) is 5.72. The van der Waals surface area contributed by atoms with Gasteiger partial charge in [0.15, 0.2) is 0 Å². The van der Waals surface area contributed by atoms with Crippen LogP contribution in [0.3, 0.4) is 0 Å². The van der Waals surface area contributed by atoms with Crippen LogP contribution >= 0.6 is 27.5 Å². The SMILES string of the molecule is CN=CC=C(N)c1cc2nc(C)cc(Cl)c2cc1Br. The standard InChI is InChI=1S/C14H13BrClN3/c1-8-5-12(16)10-6-11(15)9(7-14(10)19-8)13(17)3-4-18-2/h3-7H,17H2,1-2H3. The average molecular weight is 339 g/mol. The minimum atomic E-state index is 0.624. The Labute approximate surface area is 125 Å². The summed E-state index contributed by atoms with van der Waals surface area (Å²) in [5, 5.41) is 1.59. The van der Waals surface area contributed by atoms with Gasteiger partial charge in [-0.1, -0.05) is 27.5 Å². The summed E-state index contributed by atoms with van der Waals surface area (Å²) in [5.41, 5.74) is 9.23. The molecule has 98 valence electrons. The number of benzene rings is 1. The van der Waals surface area contributed by atoms with Crippen molar-refractivity contribution >= 4 is 50.3 Å². The molecule has 0 spiro atoms. The summed E-state index contributed by atoms with van der Waals surface area (Å²) in [7, 11) is 1.70. The zero-order valence-electron chi connectivity index (χ0n) is 10.6. The van der Waals surface area contributed by atoms with Crippen molar-refractivity contribution in [3.05, 3.63) is 45.0 Å². The summed E-state index contributed by atoms with van der Waals surface area (Å²) < 4.78 is 0.880. The molecule has 2 N–H and O–H groups in total. The van der Waals surface area contributed by atoms with E-state index in [1.807, 2.05) is 25.1 Å². The Bertz CT molecular complexity index is 693. The lowest BCUT2D eigenvalue weighted by Gasteiger charge is -2.08. The van der Waals surface area contributed by atoms with Crippen LogP contribution in [0.1, 0.15) is 11.3 Å². The van der Waals surface area contributed by atoms with E-state index in [2.05, 4.69) is 25.9 Å². The molecule has 5 heteroatoms. The molecule has 0 aliphatic heterocycles. The van der Waals surface area contributed by atoms with Crippen LogP contribution in [0.4, 0.5) is 0 Å². The molecular formula is C14H13BrClN3. The van der Waals surface area contributed by atoms with E-state index in [-0.39, 0.29) is 0 Å². The van der Waals surface area contributed by atoms with Gasteiger partial charge in [-0.05, 0) is 31.2 Å². The second-order valence-electron chi connectivity index (χ2n) is 4.12. The summed E-state index contributed by atoms with van der Waals surface area (Å²) in [6.07, 6.45) is 3.41. The van der Waals surface area contributed by atoms with E-state index in [0.717, 1.165) is 26.6 Å². The van der Waals surface area contributed by atoms with Crippen LogP contribution in [0, 0.1) is 6.92 Å². The van der Waals surface area contributed by atoms with Gasteiger partial charge < -0.3 is 5.73 Å². The Morgan fingerprint density at radius 2 is 2.16 bits per heavy atom. The van der Waals surface area contributed by atoms with Crippen LogP contribution in [-0.2, 0) is 0 Å². The fourth-order valence-electron chi connectivity index (χ4n) is 1.79. The first-order valence-electron chi connectivity index (χ1n) is 5.67. The molecule has 2 rings (SSSR count). The third-order valence-electron chi connectivity index (χ3n) is 2.69. The Kier molecular flexibility index (Phi) is 4.22. The number of hydrogen-bond acceptors (Lipinski definition) is 3. The Balaban J connectivity index is 2.68. The van der Waals surface area contributed by atoms with Gasteiger partial charge in [-0.15, -0.1) is 0 Å². The van der Waals surface area contributed by atoms with Gasteiger partial charge >= 0.3 is 0 Å². The zero-order chi connectivity index (χ0) is 14.0. The number of aromatic nitrogens is 1. The number of aryl methyl sites for hydroxylation is 1. The minimum Gasteiger partial charge on any atom is -0.398 e. The van der Waals surface area contributed by atoms with Crippen molar-refractivity contribution in [2.75, 3.05) is 7.05 Å². The van der Waals surface area contributed by atoms with Gasteiger partial charge in [0.25, 0.3) is 0 Å². The molecular weight excluding hydrogens is 326 g/mol. The summed E-state index contributed by atoms with van der Waals surface area (Å²) in [4.78, 5) is 8.37. The predicted octanol–water partition coefficient (Wildman–Crippen LogP) is 3.96. The number of hydrogen-bond donors (Lipinski definition) is 1. The summed E-state index contributed by atoms with van der Waals surface area (Å²) in [6, 6.07) is 5.70. The fourth-order valence-corrected chi connectivity index (χ4v) is 2.68. The van der Waals surface area contributed by atoms with Crippen LogP contribution in [-0.4, -0.2) is 18.2 Å². The van der Waals surface area contributed by atoms with Crippen LogP contribution in [0.25, 0.3) is 16.6 Å². The minimum absolute atomic E-state index is 0.624. The van der Waals surface area contributed by atoms with Crippen molar-refractivity contribution < 1.29 is 0 Å². The molecule has 19 heavy (non-hydrogen) atoms. The number of nitrogens with two attached hydrogens (primary N) is 1. The van der Waals surface area contributed by atoms with Crippen molar-refractivity contribution in [2.24, 2.45) is 10.7 Å². The zero-order valence-corrected chi connectivity index (χ0v) is 13.0. The Morgan fingerprint density at radius 3 is 2.84 bits per heavy atom. The number of fused-ring (bicyclic) bond motifs is 1. The van der Waals surface area contributed by atoms with E-state index in [1.54, 1.807) is 19.3 Å². The van der Waals surface area contributed by atoms with Crippen molar-refractivity contribution in [2.45, 2.75) is 6.92 Å². The lowest BCUT2D eigenvalue weighted by molar-refractivity contribution is 1.25. The first-order valence-corrected chi connectivity index (χ1v) is 6.84. The lowest BCUT2D eigenvalue weighted by Crippen LogP contribution is -1.99. The number of aliphatic imine (C=N–C) groups is 1. The van der Waals surface area contributed by atoms with Gasteiger partial charge in [-0.2, -0.15) is 0 Å². The first-order chi connectivity index (χ1) is 9.02. The van der Waals surface area contributed by atoms with Crippen molar-refractivity contribution in [1.29, 1.82) is 0 Å². The Morgan fingerprint density at radius 1 is 1.42 bits per heavy atom. The first kappa shape index (κ1) is 14.0. The molecule has 3 nitrogen and oxygen atoms in total. The van der Waals surface area contributed by atoms with Gasteiger partial charge in [0, 0.05) is 40.1 Å². The molecule has 0 atom stereocenters. The monoisotopic (exact) mass is 337 g/mol. The van der Waals surface area contributed by atoms with Crippen LogP contribution in [0.5, 0.6) is 0 Å². The Hall–Kier alpha value is -1.39. The smallest absolute Gasteiger partial charge is 0.0727 e. The normalized spacial score (nSPS) is 12.5. The summed E-state index contributed by atoms with van der Waals surface area (Å²) >= 11 is 9.73. The molecule has 0 saturated heterocycles. The summed E-state index contributed by atoms with van der Waals surface area (Å²) in [6.45, 7) is 1.91. The molecule has 0 aliphatic rings. The molecule has 0 saturated carbocycles. The molecule has 1 aromatic carbocycles. The van der Waals surface area contributed by atoms with Gasteiger partial charge in [0.2, 0.25) is 0 Å². The van der Waals surface area contributed by atoms with Crippen molar-refractivity contribution in [3.63, 3.8) is 0 Å². The van der Waals surface area contributed by atoms with Gasteiger partial charge in [0.05, 0.1) is 10.5 Å². The molecule has 0 amide bonds. The van der Waals surface area contributed by atoms with Gasteiger partial charge in [-0.3, -0.25) is 9.98 Å². The maximum Gasteiger partial charge on any atom is 0.0727 e. The van der Waals surface area contributed by atoms with Crippen LogP contribution in [0.2, 0.25) is 5.02 Å². The number of nitrogens with zero attached hydrogens (tertiary/aromatic N) is 2. The molecule has 0 aliphatic carbocycles. The quantitative estimate of drug-likeness (QED) is 0.843. The van der Waals surface area contributed by atoms with E-state index < -0.39 is 0 Å². The highest BCUT2D eigenvalue weighted by molar-refractivity contribution is 9.10. The number of allylic oxidation sites excluding steroid dienone is 1. The highest BCUT2D eigenvalue weighted by atomic mass is 79.9. The van der Waals surface area contributed by atoms with E-state index in [1.165, 1.54) is 0 Å². The topological polar surface area (TPSA) is 51.3 Å². The molecule has 2 aromatic rings. The van der Waals surface area contributed by atoms with Crippen molar-refractivity contribution in [3.8, 4) is 0 Å². The molecule has 0 fully saturated rings. The fraction of sp³-hybridized carbons (Fsp3) is 0.143. The third-order valence-corrected chi connectivity index (χ3v) is 3.66. The molecule has 0 unspecified atom stereocenters. The summed E-state index contributed by atoms with van der Waals surface area (Å²) in [5.74, 6) is 0. The average Bonchev–Trinajstić information content (AvgIpc) is 2.36. The van der Waals surface area contributed by atoms with Crippen LogP contribution < -0.4 is 5.73 Å². The van der Waals surface area contributed by atoms with Gasteiger partial charge in [-0.25, -0.2) is 0 Å². The van der Waals surface area contributed by atoms with Gasteiger partial charge in [0.1, 0.15) is 0 Å². The van der Waals surface area contributed by atoms with Crippen molar-refractivity contribution in [1.82, 2.24) is 4.98 Å². The lowest BCUT2D eigenvalue weighted by atomic mass is 10.1. The number of rotatable bonds is 2. The highest BCUT2D eigenvalue weighted by Crippen LogP contribution is 2.31. The molecule has 1 heterocycles.